The monoisotopic (exact) mass is 287 g/mol. The largest absolute Gasteiger partial charge is 0.476 e. The number of aryl methyl sites for hydroxylation is 1. The Kier molecular flexibility index (Phi) is 3.16. The molecular formula is C15H17N3O3. The van der Waals surface area contributed by atoms with E-state index in [-0.39, 0.29) is 17.0 Å². The Labute approximate surface area is 122 Å². The molecule has 0 amide bonds. The number of H-pyrrole nitrogens is 1. The summed E-state index contributed by atoms with van der Waals surface area (Å²) >= 11 is 0. The van der Waals surface area contributed by atoms with Gasteiger partial charge in [0.05, 0.1) is 0 Å². The molecule has 1 aliphatic carbocycles. The summed E-state index contributed by atoms with van der Waals surface area (Å²) in [5, 5.41) is 18.5. The highest BCUT2D eigenvalue weighted by Crippen LogP contribution is 2.38. The standard InChI is InChI=1S/C15H17N3O3/c1-15(2)7-3-4-9-8-10(5-6-11(9)15)21-13-12(14(19)20)16-18-17-13/h5-6,8H,3-4,7H2,1-2H3,(H,19,20)(H,16,17,18). The molecule has 1 aromatic heterocycles. The van der Waals surface area contributed by atoms with Crippen molar-refractivity contribution in [3.05, 3.63) is 35.0 Å². The molecule has 0 unspecified atom stereocenters. The topological polar surface area (TPSA) is 88.1 Å². The average molecular weight is 287 g/mol. The van der Waals surface area contributed by atoms with Crippen LogP contribution in [0.4, 0.5) is 0 Å². The minimum atomic E-state index is -1.14. The summed E-state index contributed by atoms with van der Waals surface area (Å²) < 4.78 is 5.56. The number of carboxylic acids is 1. The van der Waals surface area contributed by atoms with E-state index in [2.05, 4.69) is 35.3 Å². The van der Waals surface area contributed by atoms with Crippen molar-refractivity contribution in [3.63, 3.8) is 0 Å². The van der Waals surface area contributed by atoms with Crippen LogP contribution in [-0.4, -0.2) is 26.5 Å². The van der Waals surface area contributed by atoms with Gasteiger partial charge in [0.2, 0.25) is 5.69 Å². The molecule has 1 heterocycles. The van der Waals surface area contributed by atoms with Crippen LogP contribution in [-0.2, 0) is 11.8 Å². The van der Waals surface area contributed by atoms with Crippen LogP contribution in [0.15, 0.2) is 18.2 Å². The van der Waals surface area contributed by atoms with E-state index in [1.807, 2.05) is 12.1 Å². The van der Waals surface area contributed by atoms with Gasteiger partial charge < -0.3 is 9.84 Å². The third-order valence-electron chi connectivity index (χ3n) is 4.00. The Hall–Kier alpha value is -2.37. The van der Waals surface area contributed by atoms with E-state index in [1.165, 1.54) is 17.5 Å². The van der Waals surface area contributed by atoms with Gasteiger partial charge in [0.15, 0.2) is 0 Å². The molecule has 1 aliphatic rings. The summed E-state index contributed by atoms with van der Waals surface area (Å²) in [6.07, 6.45) is 3.33. The Balaban J connectivity index is 1.91. The number of carboxylic acid groups (broad SMARTS) is 1. The molecule has 21 heavy (non-hydrogen) atoms. The van der Waals surface area contributed by atoms with E-state index >= 15 is 0 Å². The van der Waals surface area contributed by atoms with Crippen molar-refractivity contribution >= 4 is 5.97 Å². The zero-order valence-electron chi connectivity index (χ0n) is 12.0. The number of carbonyl (C=O) groups is 1. The number of hydrogen-bond acceptors (Lipinski definition) is 4. The zero-order valence-corrected chi connectivity index (χ0v) is 12.0. The van der Waals surface area contributed by atoms with Gasteiger partial charge in [-0.25, -0.2) is 9.89 Å². The first kappa shape index (κ1) is 13.6. The second kappa shape index (κ2) is 4.87. The van der Waals surface area contributed by atoms with E-state index < -0.39 is 5.97 Å². The molecule has 0 fully saturated rings. The average Bonchev–Trinajstić information content (AvgIpc) is 2.86. The number of nitrogens with zero attached hydrogens (tertiary/aromatic N) is 2. The van der Waals surface area contributed by atoms with Gasteiger partial charge in [0.1, 0.15) is 5.75 Å². The highest BCUT2D eigenvalue weighted by atomic mass is 16.5. The number of ether oxygens (including phenoxy) is 1. The summed E-state index contributed by atoms with van der Waals surface area (Å²) in [5.74, 6) is -0.575. The van der Waals surface area contributed by atoms with Crippen molar-refractivity contribution in [1.29, 1.82) is 0 Å². The fourth-order valence-electron chi connectivity index (χ4n) is 2.90. The minimum absolute atomic E-state index is 0.0162. The lowest BCUT2D eigenvalue weighted by Gasteiger charge is -2.32. The SMILES string of the molecule is CC1(C)CCCc2cc(Oc3nn[nH]c3C(=O)O)ccc21. The molecular weight excluding hydrogens is 270 g/mol. The van der Waals surface area contributed by atoms with Crippen LogP contribution >= 0.6 is 0 Å². The van der Waals surface area contributed by atoms with Gasteiger partial charge in [-0.2, -0.15) is 0 Å². The highest BCUT2D eigenvalue weighted by molar-refractivity contribution is 5.87. The first-order chi connectivity index (χ1) is 9.97. The van der Waals surface area contributed by atoms with Crippen molar-refractivity contribution in [1.82, 2.24) is 15.4 Å². The maximum absolute atomic E-state index is 11.0. The van der Waals surface area contributed by atoms with Gasteiger partial charge in [-0.3, -0.25) is 0 Å². The maximum atomic E-state index is 11.0. The van der Waals surface area contributed by atoms with E-state index in [0.717, 1.165) is 12.8 Å². The lowest BCUT2D eigenvalue weighted by Crippen LogP contribution is -2.23. The van der Waals surface area contributed by atoms with Gasteiger partial charge in [0, 0.05) is 0 Å². The van der Waals surface area contributed by atoms with Crippen molar-refractivity contribution in [3.8, 4) is 11.6 Å². The van der Waals surface area contributed by atoms with E-state index in [1.54, 1.807) is 0 Å². The van der Waals surface area contributed by atoms with Crippen molar-refractivity contribution in [2.45, 2.75) is 38.5 Å². The molecule has 6 nitrogen and oxygen atoms in total. The lowest BCUT2D eigenvalue weighted by molar-refractivity contribution is 0.0687. The summed E-state index contributed by atoms with van der Waals surface area (Å²) in [7, 11) is 0. The molecule has 0 radical (unpaired) electrons. The van der Waals surface area contributed by atoms with E-state index in [0.29, 0.717) is 5.75 Å². The Morgan fingerprint density at radius 2 is 2.24 bits per heavy atom. The predicted molar refractivity (Wildman–Crippen MR) is 75.8 cm³/mol. The highest BCUT2D eigenvalue weighted by Gasteiger charge is 2.27. The van der Waals surface area contributed by atoms with E-state index in [4.69, 9.17) is 9.84 Å². The Morgan fingerprint density at radius 1 is 1.43 bits per heavy atom. The molecule has 1 aromatic carbocycles. The van der Waals surface area contributed by atoms with Crippen molar-refractivity contribution in [2.75, 3.05) is 0 Å². The van der Waals surface area contributed by atoms with Crippen LogP contribution < -0.4 is 4.74 Å². The number of fused-ring (bicyclic) bond motifs is 1. The van der Waals surface area contributed by atoms with Crippen LogP contribution in [0.2, 0.25) is 0 Å². The molecule has 6 heteroatoms. The number of aromatic amines is 1. The molecule has 2 aromatic rings. The summed E-state index contributed by atoms with van der Waals surface area (Å²) in [4.78, 5) is 11.0. The van der Waals surface area contributed by atoms with Gasteiger partial charge in [-0.05, 0) is 47.9 Å². The molecule has 0 saturated heterocycles. The normalized spacial score (nSPS) is 16.3. The zero-order chi connectivity index (χ0) is 15.0. The fourth-order valence-corrected chi connectivity index (χ4v) is 2.90. The first-order valence-electron chi connectivity index (χ1n) is 6.93. The second-order valence-corrected chi connectivity index (χ2v) is 5.96. The molecule has 110 valence electrons. The van der Waals surface area contributed by atoms with Gasteiger partial charge in [-0.1, -0.05) is 30.2 Å². The Morgan fingerprint density at radius 3 is 3.00 bits per heavy atom. The number of aromatic nitrogens is 3. The molecule has 0 saturated carbocycles. The first-order valence-corrected chi connectivity index (χ1v) is 6.93. The predicted octanol–water partition coefficient (Wildman–Crippen LogP) is 2.91. The maximum Gasteiger partial charge on any atom is 0.359 e. The fraction of sp³-hybridized carbons (Fsp3) is 0.400. The lowest BCUT2D eigenvalue weighted by atomic mass is 9.73. The molecule has 0 aliphatic heterocycles. The van der Waals surface area contributed by atoms with Crippen LogP contribution in [0.5, 0.6) is 11.6 Å². The van der Waals surface area contributed by atoms with Crippen molar-refractivity contribution < 1.29 is 14.6 Å². The van der Waals surface area contributed by atoms with Crippen LogP contribution in [0.25, 0.3) is 0 Å². The minimum Gasteiger partial charge on any atom is -0.476 e. The van der Waals surface area contributed by atoms with Crippen LogP contribution in [0.3, 0.4) is 0 Å². The number of hydrogen-bond donors (Lipinski definition) is 2. The van der Waals surface area contributed by atoms with Gasteiger partial charge >= 0.3 is 5.97 Å². The summed E-state index contributed by atoms with van der Waals surface area (Å²) in [6.45, 7) is 4.48. The molecule has 0 bridgehead atoms. The molecule has 0 atom stereocenters. The van der Waals surface area contributed by atoms with Crippen LogP contribution in [0.1, 0.15) is 48.3 Å². The smallest absolute Gasteiger partial charge is 0.359 e. The third kappa shape index (κ3) is 2.49. The summed E-state index contributed by atoms with van der Waals surface area (Å²) in [6, 6.07) is 5.88. The quantitative estimate of drug-likeness (QED) is 0.906. The number of nitrogens with one attached hydrogen (secondary N) is 1. The molecule has 0 spiro atoms. The van der Waals surface area contributed by atoms with Gasteiger partial charge in [-0.15, -0.1) is 0 Å². The number of aromatic carboxylic acids is 1. The van der Waals surface area contributed by atoms with Gasteiger partial charge in [0.25, 0.3) is 5.88 Å². The molecule has 3 rings (SSSR count). The third-order valence-corrected chi connectivity index (χ3v) is 4.00. The molecule has 2 N–H and O–H groups in total. The van der Waals surface area contributed by atoms with Crippen molar-refractivity contribution in [2.24, 2.45) is 0 Å². The Bertz CT molecular complexity index is 691. The number of rotatable bonds is 3. The summed E-state index contributed by atoms with van der Waals surface area (Å²) in [5.41, 5.74) is 2.61. The second-order valence-electron chi connectivity index (χ2n) is 5.96. The number of benzene rings is 1. The van der Waals surface area contributed by atoms with E-state index in [9.17, 15) is 4.79 Å². The van der Waals surface area contributed by atoms with Crippen LogP contribution in [0, 0.1) is 0 Å².